The van der Waals surface area contributed by atoms with Crippen LogP contribution in [0.5, 0.6) is 5.75 Å². The summed E-state index contributed by atoms with van der Waals surface area (Å²) in [4.78, 5) is 5.49. The molecule has 0 unspecified atom stereocenters. The molecule has 0 bridgehead atoms. The van der Waals surface area contributed by atoms with E-state index < -0.39 is 0 Å². The highest BCUT2D eigenvalue weighted by atomic mass is 32.1. The summed E-state index contributed by atoms with van der Waals surface area (Å²) in [6, 6.07) is 5.97. The van der Waals surface area contributed by atoms with E-state index >= 15 is 0 Å². The van der Waals surface area contributed by atoms with Crippen molar-refractivity contribution in [3.8, 4) is 5.75 Å². The lowest BCUT2D eigenvalue weighted by Crippen LogP contribution is -2.22. The molecule has 0 saturated carbocycles. The largest absolute Gasteiger partial charge is 0.497 e. The SMILES string of the molecule is CCN(C)CCn1c(=S)[nH]c2ccc(OC)cc21. The van der Waals surface area contributed by atoms with Gasteiger partial charge < -0.3 is 19.2 Å². The van der Waals surface area contributed by atoms with Crippen LogP contribution in [0.2, 0.25) is 0 Å². The Morgan fingerprint density at radius 2 is 2.22 bits per heavy atom. The molecule has 0 saturated heterocycles. The minimum Gasteiger partial charge on any atom is -0.497 e. The van der Waals surface area contributed by atoms with Crippen LogP contribution in [0.3, 0.4) is 0 Å². The van der Waals surface area contributed by atoms with Gasteiger partial charge in [0.15, 0.2) is 4.77 Å². The van der Waals surface area contributed by atoms with Crippen molar-refractivity contribution in [2.24, 2.45) is 0 Å². The van der Waals surface area contributed by atoms with E-state index in [1.165, 1.54) is 0 Å². The Bertz CT molecular complexity index is 587. The second-order valence-corrected chi connectivity index (χ2v) is 4.75. The van der Waals surface area contributed by atoms with Crippen LogP contribution in [0, 0.1) is 4.77 Å². The number of likely N-dealkylation sites (N-methyl/N-ethyl adjacent to an activating group) is 1. The maximum Gasteiger partial charge on any atom is 0.178 e. The summed E-state index contributed by atoms with van der Waals surface area (Å²) in [6.45, 7) is 5.06. The molecular weight excluding hydrogens is 246 g/mol. The first-order valence-corrected chi connectivity index (χ1v) is 6.51. The van der Waals surface area contributed by atoms with E-state index in [1.807, 2.05) is 18.2 Å². The number of nitrogens with zero attached hydrogens (tertiary/aromatic N) is 2. The van der Waals surface area contributed by atoms with Gasteiger partial charge in [-0.3, -0.25) is 0 Å². The zero-order valence-corrected chi connectivity index (χ0v) is 11.9. The van der Waals surface area contributed by atoms with Crippen LogP contribution in [0.1, 0.15) is 6.92 Å². The summed E-state index contributed by atoms with van der Waals surface area (Å²) in [5.74, 6) is 0.856. The maximum absolute atomic E-state index is 5.37. The van der Waals surface area contributed by atoms with Crippen molar-refractivity contribution in [1.29, 1.82) is 0 Å². The molecule has 1 heterocycles. The van der Waals surface area contributed by atoms with Crippen molar-refractivity contribution < 1.29 is 4.74 Å². The molecule has 0 aliphatic rings. The molecule has 2 rings (SSSR count). The number of ether oxygens (including phenoxy) is 1. The Morgan fingerprint density at radius 1 is 1.44 bits per heavy atom. The predicted octanol–water partition coefficient (Wildman–Crippen LogP) is 2.66. The van der Waals surface area contributed by atoms with Gasteiger partial charge in [-0.2, -0.15) is 0 Å². The van der Waals surface area contributed by atoms with Crippen LogP contribution < -0.4 is 4.74 Å². The second kappa shape index (κ2) is 5.54. The predicted molar refractivity (Wildman–Crippen MR) is 76.8 cm³/mol. The maximum atomic E-state index is 5.37. The van der Waals surface area contributed by atoms with Gasteiger partial charge in [0.05, 0.1) is 18.1 Å². The van der Waals surface area contributed by atoms with E-state index in [2.05, 4.69) is 28.4 Å². The molecule has 4 nitrogen and oxygen atoms in total. The van der Waals surface area contributed by atoms with Crippen molar-refractivity contribution in [1.82, 2.24) is 14.5 Å². The molecular formula is C13H19N3OS. The van der Waals surface area contributed by atoms with Crippen LogP contribution >= 0.6 is 12.2 Å². The van der Waals surface area contributed by atoms with Gasteiger partial charge in [0, 0.05) is 19.2 Å². The molecule has 1 N–H and O–H groups in total. The number of hydrogen-bond donors (Lipinski definition) is 1. The standard InChI is InChI=1S/C13H19N3OS/c1-4-15(2)7-8-16-12-9-10(17-3)5-6-11(12)14-13(16)18/h5-6,9H,4,7-8H2,1-3H3,(H,14,18). The summed E-state index contributed by atoms with van der Waals surface area (Å²) in [6.07, 6.45) is 0. The van der Waals surface area contributed by atoms with Gasteiger partial charge in [-0.05, 0) is 37.9 Å². The smallest absolute Gasteiger partial charge is 0.178 e. The van der Waals surface area contributed by atoms with E-state index in [4.69, 9.17) is 17.0 Å². The molecule has 0 spiro atoms. The number of fused-ring (bicyclic) bond motifs is 1. The Morgan fingerprint density at radius 3 is 2.89 bits per heavy atom. The van der Waals surface area contributed by atoms with Crippen LogP contribution in [0.15, 0.2) is 18.2 Å². The van der Waals surface area contributed by atoms with Gasteiger partial charge in [0.2, 0.25) is 0 Å². The average Bonchev–Trinajstić information content (AvgIpc) is 2.70. The lowest BCUT2D eigenvalue weighted by molar-refractivity contribution is 0.336. The topological polar surface area (TPSA) is 33.2 Å². The fourth-order valence-corrected chi connectivity index (χ4v) is 2.21. The first kappa shape index (κ1) is 13.1. The van der Waals surface area contributed by atoms with Crippen LogP contribution in [0.25, 0.3) is 11.0 Å². The lowest BCUT2D eigenvalue weighted by atomic mass is 10.3. The number of methoxy groups -OCH3 is 1. The van der Waals surface area contributed by atoms with Crippen molar-refractivity contribution in [3.05, 3.63) is 23.0 Å². The Hall–Kier alpha value is -1.33. The number of benzene rings is 1. The highest BCUT2D eigenvalue weighted by molar-refractivity contribution is 7.71. The van der Waals surface area contributed by atoms with Crippen molar-refractivity contribution in [2.45, 2.75) is 13.5 Å². The molecule has 1 aromatic heterocycles. The molecule has 1 aromatic carbocycles. The summed E-state index contributed by atoms with van der Waals surface area (Å²) in [5.41, 5.74) is 2.16. The fraction of sp³-hybridized carbons (Fsp3) is 0.462. The molecule has 0 fully saturated rings. The summed E-state index contributed by atoms with van der Waals surface area (Å²) in [5, 5.41) is 0. The minimum absolute atomic E-state index is 0.766. The minimum atomic E-state index is 0.766. The number of hydrogen-bond acceptors (Lipinski definition) is 3. The Balaban J connectivity index is 2.36. The second-order valence-electron chi connectivity index (χ2n) is 4.36. The number of nitrogens with one attached hydrogen (secondary N) is 1. The molecule has 2 aromatic rings. The van der Waals surface area contributed by atoms with Gasteiger partial charge in [-0.25, -0.2) is 0 Å². The van der Waals surface area contributed by atoms with Crippen molar-refractivity contribution in [2.75, 3.05) is 27.2 Å². The van der Waals surface area contributed by atoms with Crippen LogP contribution in [-0.2, 0) is 6.54 Å². The summed E-state index contributed by atoms with van der Waals surface area (Å²) >= 11 is 5.37. The number of aromatic amines is 1. The highest BCUT2D eigenvalue weighted by Crippen LogP contribution is 2.20. The Kier molecular flexibility index (Phi) is 4.04. The number of H-pyrrole nitrogens is 1. The normalized spacial score (nSPS) is 11.3. The quantitative estimate of drug-likeness (QED) is 0.844. The molecule has 0 atom stereocenters. The first-order valence-electron chi connectivity index (χ1n) is 6.10. The van der Waals surface area contributed by atoms with Gasteiger partial charge >= 0.3 is 0 Å². The molecule has 0 aliphatic carbocycles. The van der Waals surface area contributed by atoms with Crippen LogP contribution in [0.4, 0.5) is 0 Å². The number of aromatic nitrogens is 2. The van der Waals surface area contributed by atoms with E-state index in [-0.39, 0.29) is 0 Å². The molecule has 18 heavy (non-hydrogen) atoms. The molecule has 5 heteroatoms. The van der Waals surface area contributed by atoms with Gasteiger partial charge in [0.25, 0.3) is 0 Å². The third-order valence-electron chi connectivity index (χ3n) is 3.23. The monoisotopic (exact) mass is 265 g/mol. The average molecular weight is 265 g/mol. The molecule has 0 aliphatic heterocycles. The van der Waals surface area contributed by atoms with Gasteiger partial charge in [-0.15, -0.1) is 0 Å². The third kappa shape index (κ3) is 2.57. The van der Waals surface area contributed by atoms with Crippen molar-refractivity contribution >= 4 is 23.3 Å². The highest BCUT2D eigenvalue weighted by Gasteiger charge is 2.06. The third-order valence-corrected chi connectivity index (χ3v) is 3.55. The first-order chi connectivity index (χ1) is 8.65. The van der Waals surface area contributed by atoms with E-state index in [9.17, 15) is 0 Å². The summed E-state index contributed by atoms with van der Waals surface area (Å²) in [7, 11) is 3.79. The molecule has 0 amide bonds. The van der Waals surface area contributed by atoms with E-state index in [0.29, 0.717) is 0 Å². The fourth-order valence-electron chi connectivity index (χ4n) is 1.91. The zero-order valence-electron chi connectivity index (χ0n) is 11.1. The number of rotatable bonds is 5. The molecule has 0 radical (unpaired) electrons. The van der Waals surface area contributed by atoms with E-state index in [1.54, 1.807) is 7.11 Å². The Labute approximate surface area is 112 Å². The lowest BCUT2D eigenvalue weighted by Gasteiger charge is -2.14. The number of imidazole rings is 1. The van der Waals surface area contributed by atoms with Gasteiger partial charge in [0.1, 0.15) is 5.75 Å². The molecule has 98 valence electrons. The zero-order chi connectivity index (χ0) is 13.1. The van der Waals surface area contributed by atoms with Crippen molar-refractivity contribution in [3.63, 3.8) is 0 Å². The summed E-state index contributed by atoms with van der Waals surface area (Å²) < 4.78 is 8.15. The van der Waals surface area contributed by atoms with Gasteiger partial charge in [-0.1, -0.05) is 6.92 Å². The van der Waals surface area contributed by atoms with Crippen LogP contribution in [-0.4, -0.2) is 41.7 Å². The van der Waals surface area contributed by atoms with E-state index in [0.717, 1.165) is 41.2 Å².